The van der Waals surface area contributed by atoms with Crippen LogP contribution in [0.2, 0.25) is 0 Å². The van der Waals surface area contributed by atoms with Crippen molar-refractivity contribution < 1.29 is 4.74 Å². The Kier molecular flexibility index (Phi) is 5.67. The second kappa shape index (κ2) is 7.51. The third-order valence-corrected chi connectivity index (χ3v) is 4.01. The van der Waals surface area contributed by atoms with Crippen molar-refractivity contribution >= 4 is 0 Å². The molecule has 1 saturated carbocycles. The summed E-state index contributed by atoms with van der Waals surface area (Å²) < 4.78 is 5.30. The molecule has 0 radical (unpaired) electrons. The lowest BCUT2D eigenvalue weighted by Crippen LogP contribution is -2.34. The van der Waals surface area contributed by atoms with Gasteiger partial charge in [0.2, 0.25) is 0 Å². The van der Waals surface area contributed by atoms with Crippen LogP contribution in [0.15, 0.2) is 24.3 Å². The molecule has 3 nitrogen and oxygen atoms in total. The zero-order valence-corrected chi connectivity index (χ0v) is 12.0. The van der Waals surface area contributed by atoms with E-state index in [4.69, 9.17) is 10.5 Å². The first-order valence-corrected chi connectivity index (χ1v) is 7.40. The van der Waals surface area contributed by atoms with Crippen LogP contribution in [-0.2, 0) is 6.54 Å². The topological polar surface area (TPSA) is 38.5 Å². The van der Waals surface area contributed by atoms with Crippen LogP contribution in [0.3, 0.4) is 0 Å². The van der Waals surface area contributed by atoms with E-state index in [1.54, 1.807) is 7.11 Å². The zero-order valence-electron chi connectivity index (χ0n) is 12.0. The van der Waals surface area contributed by atoms with Gasteiger partial charge < -0.3 is 10.5 Å². The van der Waals surface area contributed by atoms with Gasteiger partial charge in [0.05, 0.1) is 7.11 Å². The summed E-state index contributed by atoms with van der Waals surface area (Å²) in [6, 6.07) is 9.16. The minimum atomic E-state index is 0.748. The van der Waals surface area contributed by atoms with Crippen molar-refractivity contribution in [2.75, 3.05) is 20.2 Å². The molecule has 2 rings (SSSR count). The van der Waals surface area contributed by atoms with Gasteiger partial charge in [-0.2, -0.15) is 0 Å². The predicted octanol–water partition coefficient (Wildman–Crippen LogP) is 2.79. The Bertz CT molecular complexity index is 375. The van der Waals surface area contributed by atoms with Crippen molar-refractivity contribution in [1.82, 2.24) is 4.90 Å². The molecule has 106 valence electrons. The smallest absolute Gasteiger partial charge is 0.119 e. The van der Waals surface area contributed by atoms with Crippen molar-refractivity contribution in [3.05, 3.63) is 29.8 Å². The maximum atomic E-state index is 5.67. The number of hydrogen-bond acceptors (Lipinski definition) is 3. The summed E-state index contributed by atoms with van der Waals surface area (Å²) in [5, 5.41) is 0. The molecule has 1 aliphatic rings. The van der Waals surface area contributed by atoms with Gasteiger partial charge in [0.1, 0.15) is 5.75 Å². The fourth-order valence-electron chi connectivity index (χ4n) is 2.96. The Balaban J connectivity index is 2.00. The maximum absolute atomic E-state index is 5.67. The summed E-state index contributed by atoms with van der Waals surface area (Å²) in [4.78, 5) is 2.61. The Morgan fingerprint density at radius 1 is 1.32 bits per heavy atom. The molecule has 0 unspecified atom stereocenters. The highest BCUT2D eigenvalue weighted by Gasteiger charge is 2.22. The molecule has 0 heterocycles. The Morgan fingerprint density at radius 3 is 2.79 bits per heavy atom. The van der Waals surface area contributed by atoms with E-state index in [2.05, 4.69) is 23.1 Å². The van der Waals surface area contributed by atoms with Crippen molar-refractivity contribution in [2.24, 2.45) is 5.73 Å². The van der Waals surface area contributed by atoms with Gasteiger partial charge in [-0.3, -0.25) is 4.90 Å². The van der Waals surface area contributed by atoms with E-state index in [0.29, 0.717) is 0 Å². The minimum absolute atomic E-state index is 0.748. The van der Waals surface area contributed by atoms with Gasteiger partial charge in [-0.25, -0.2) is 0 Å². The number of benzene rings is 1. The summed E-state index contributed by atoms with van der Waals surface area (Å²) in [5.41, 5.74) is 7.00. The SMILES string of the molecule is COc1cccc(CN(CCCN)C2CCCC2)c1. The Hall–Kier alpha value is -1.06. The van der Waals surface area contributed by atoms with Crippen molar-refractivity contribution in [2.45, 2.75) is 44.7 Å². The fraction of sp³-hybridized carbons (Fsp3) is 0.625. The summed E-state index contributed by atoms with van der Waals surface area (Å²) >= 11 is 0. The minimum Gasteiger partial charge on any atom is -0.497 e. The van der Waals surface area contributed by atoms with Crippen LogP contribution in [0.4, 0.5) is 0 Å². The number of rotatable bonds is 7. The van der Waals surface area contributed by atoms with E-state index in [0.717, 1.165) is 37.8 Å². The first kappa shape index (κ1) is 14.4. The average molecular weight is 262 g/mol. The van der Waals surface area contributed by atoms with E-state index in [1.165, 1.54) is 31.2 Å². The quantitative estimate of drug-likeness (QED) is 0.821. The van der Waals surface area contributed by atoms with E-state index < -0.39 is 0 Å². The average Bonchev–Trinajstić information content (AvgIpc) is 2.97. The van der Waals surface area contributed by atoms with Crippen LogP contribution in [0.5, 0.6) is 5.75 Å². The van der Waals surface area contributed by atoms with Gasteiger partial charge in [-0.1, -0.05) is 25.0 Å². The molecule has 0 bridgehead atoms. The number of hydrogen-bond donors (Lipinski definition) is 1. The number of nitrogens with two attached hydrogens (primary N) is 1. The summed E-state index contributed by atoms with van der Waals surface area (Å²) in [6.45, 7) is 2.90. The summed E-state index contributed by atoms with van der Waals surface area (Å²) in [5.74, 6) is 0.947. The van der Waals surface area contributed by atoms with Crippen LogP contribution >= 0.6 is 0 Å². The molecule has 3 heteroatoms. The molecule has 0 atom stereocenters. The molecule has 19 heavy (non-hydrogen) atoms. The highest BCUT2D eigenvalue weighted by Crippen LogP contribution is 2.25. The van der Waals surface area contributed by atoms with Crippen LogP contribution < -0.4 is 10.5 Å². The van der Waals surface area contributed by atoms with Crippen LogP contribution in [0, 0.1) is 0 Å². The number of ether oxygens (including phenoxy) is 1. The molecule has 1 fully saturated rings. The molecule has 1 aromatic rings. The van der Waals surface area contributed by atoms with Gasteiger partial charge >= 0.3 is 0 Å². The third kappa shape index (κ3) is 4.22. The van der Waals surface area contributed by atoms with E-state index in [1.807, 2.05) is 6.07 Å². The summed E-state index contributed by atoms with van der Waals surface area (Å²) in [6.07, 6.45) is 6.52. The molecule has 0 aliphatic heterocycles. The lowest BCUT2D eigenvalue weighted by Gasteiger charge is -2.29. The highest BCUT2D eigenvalue weighted by molar-refractivity contribution is 5.28. The monoisotopic (exact) mass is 262 g/mol. The second-order valence-corrected chi connectivity index (χ2v) is 5.40. The molecule has 2 N–H and O–H groups in total. The lowest BCUT2D eigenvalue weighted by atomic mass is 10.1. The van der Waals surface area contributed by atoms with E-state index >= 15 is 0 Å². The molecule has 1 aliphatic carbocycles. The fourth-order valence-corrected chi connectivity index (χ4v) is 2.96. The zero-order chi connectivity index (χ0) is 13.5. The molecular formula is C16H26N2O. The number of nitrogens with zero attached hydrogens (tertiary/aromatic N) is 1. The third-order valence-electron chi connectivity index (χ3n) is 4.01. The van der Waals surface area contributed by atoms with Crippen molar-refractivity contribution in [1.29, 1.82) is 0 Å². The number of methoxy groups -OCH3 is 1. The van der Waals surface area contributed by atoms with Gasteiger partial charge in [0.25, 0.3) is 0 Å². The first-order valence-electron chi connectivity index (χ1n) is 7.40. The van der Waals surface area contributed by atoms with E-state index in [9.17, 15) is 0 Å². The molecular weight excluding hydrogens is 236 g/mol. The maximum Gasteiger partial charge on any atom is 0.119 e. The van der Waals surface area contributed by atoms with Crippen LogP contribution in [0.1, 0.15) is 37.7 Å². The molecule has 0 aromatic heterocycles. The summed E-state index contributed by atoms with van der Waals surface area (Å²) in [7, 11) is 1.72. The molecule has 0 saturated heterocycles. The lowest BCUT2D eigenvalue weighted by molar-refractivity contribution is 0.188. The molecule has 0 spiro atoms. The van der Waals surface area contributed by atoms with E-state index in [-0.39, 0.29) is 0 Å². The highest BCUT2D eigenvalue weighted by atomic mass is 16.5. The van der Waals surface area contributed by atoms with Gasteiger partial charge in [0.15, 0.2) is 0 Å². The molecule has 0 amide bonds. The molecule has 1 aromatic carbocycles. The largest absolute Gasteiger partial charge is 0.497 e. The van der Waals surface area contributed by atoms with Gasteiger partial charge in [-0.15, -0.1) is 0 Å². The van der Waals surface area contributed by atoms with Crippen LogP contribution in [0.25, 0.3) is 0 Å². The van der Waals surface area contributed by atoms with Crippen molar-refractivity contribution in [3.63, 3.8) is 0 Å². The Labute approximate surface area is 116 Å². The standard InChI is InChI=1S/C16H26N2O/c1-19-16-9-4-6-14(12-16)13-18(11-5-10-17)15-7-2-3-8-15/h4,6,9,12,15H,2-3,5,7-8,10-11,13,17H2,1H3. The predicted molar refractivity (Wildman–Crippen MR) is 79.3 cm³/mol. The first-order chi connectivity index (χ1) is 9.33. The Morgan fingerprint density at radius 2 is 2.11 bits per heavy atom. The van der Waals surface area contributed by atoms with Crippen molar-refractivity contribution in [3.8, 4) is 5.75 Å². The normalized spacial score (nSPS) is 16.2. The van der Waals surface area contributed by atoms with Gasteiger partial charge in [0, 0.05) is 12.6 Å². The van der Waals surface area contributed by atoms with Crippen LogP contribution in [-0.4, -0.2) is 31.1 Å². The van der Waals surface area contributed by atoms with Gasteiger partial charge in [-0.05, 0) is 50.0 Å². The second-order valence-electron chi connectivity index (χ2n) is 5.40.